The number of hydrogen-bond acceptors (Lipinski definition) is 5. The summed E-state index contributed by atoms with van der Waals surface area (Å²) >= 11 is 0. The van der Waals surface area contributed by atoms with E-state index in [0.29, 0.717) is 31.2 Å². The molecule has 0 spiro atoms. The lowest BCUT2D eigenvalue weighted by Gasteiger charge is -2.31. The zero-order valence-electron chi connectivity index (χ0n) is 10.5. The fourth-order valence-corrected chi connectivity index (χ4v) is 2.11. The van der Waals surface area contributed by atoms with Gasteiger partial charge in [-0.1, -0.05) is 5.16 Å². The van der Waals surface area contributed by atoms with Gasteiger partial charge in [0.1, 0.15) is 17.6 Å². The molecule has 1 amide bonds. The molecule has 1 aliphatic rings. The number of furan rings is 1. The number of nitrogens with zero attached hydrogens (tertiary/aromatic N) is 2. The molecule has 19 heavy (non-hydrogen) atoms. The van der Waals surface area contributed by atoms with E-state index in [0.717, 1.165) is 5.76 Å². The molecule has 0 N–H and O–H groups in total. The van der Waals surface area contributed by atoms with Crippen molar-refractivity contribution in [3.63, 3.8) is 0 Å². The monoisotopic (exact) mass is 262 g/mol. The molecule has 0 saturated carbocycles. The third kappa shape index (κ3) is 2.39. The van der Waals surface area contributed by atoms with Crippen LogP contribution in [0.2, 0.25) is 0 Å². The van der Waals surface area contributed by atoms with Crippen LogP contribution < -0.4 is 0 Å². The van der Waals surface area contributed by atoms with Gasteiger partial charge in [0.25, 0.3) is 5.91 Å². The fraction of sp³-hybridized carbons (Fsp3) is 0.385. The van der Waals surface area contributed by atoms with Gasteiger partial charge in [0.15, 0.2) is 5.69 Å². The van der Waals surface area contributed by atoms with Crippen molar-refractivity contribution in [2.75, 3.05) is 19.7 Å². The van der Waals surface area contributed by atoms with E-state index in [9.17, 15) is 4.79 Å². The number of morpholine rings is 1. The molecule has 1 unspecified atom stereocenters. The van der Waals surface area contributed by atoms with E-state index < -0.39 is 0 Å². The highest BCUT2D eigenvalue weighted by atomic mass is 16.5. The zero-order valence-corrected chi connectivity index (χ0v) is 10.5. The summed E-state index contributed by atoms with van der Waals surface area (Å²) in [4.78, 5) is 13.9. The van der Waals surface area contributed by atoms with E-state index >= 15 is 0 Å². The Morgan fingerprint density at radius 3 is 3.11 bits per heavy atom. The summed E-state index contributed by atoms with van der Waals surface area (Å²) in [5.74, 6) is 1.21. The average Bonchev–Trinajstić information content (AvgIpc) is 3.09. The van der Waals surface area contributed by atoms with Gasteiger partial charge in [-0.25, -0.2) is 0 Å². The normalized spacial score (nSPS) is 19.6. The van der Waals surface area contributed by atoms with Crippen LogP contribution in [0.5, 0.6) is 0 Å². The predicted octanol–water partition coefficient (Wildman–Crippen LogP) is 1.79. The third-order valence-corrected chi connectivity index (χ3v) is 3.06. The maximum Gasteiger partial charge on any atom is 0.276 e. The molecule has 6 nitrogen and oxygen atoms in total. The summed E-state index contributed by atoms with van der Waals surface area (Å²) in [5.41, 5.74) is 0.331. The van der Waals surface area contributed by atoms with Crippen LogP contribution >= 0.6 is 0 Å². The first-order chi connectivity index (χ1) is 9.24. The molecule has 2 aromatic rings. The van der Waals surface area contributed by atoms with Crippen molar-refractivity contribution in [3.8, 4) is 0 Å². The second kappa shape index (κ2) is 4.89. The van der Waals surface area contributed by atoms with E-state index in [2.05, 4.69) is 5.16 Å². The number of ether oxygens (including phenoxy) is 1. The Morgan fingerprint density at radius 2 is 2.42 bits per heavy atom. The summed E-state index contributed by atoms with van der Waals surface area (Å²) in [6.07, 6.45) is 1.38. The number of aryl methyl sites for hydroxylation is 1. The van der Waals surface area contributed by atoms with Gasteiger partial charge < -0.3 is 18.6 Å². The summed E-state index contributed by atoms with van der Waals surface area (Å²) in [5, 5.41) is 3.75. The average molecular weight is 262 g/mol. The van der Waals surface area contributed by atoms with Gasteiger partial charge >= 0.3 is 0 Å². The Kier molecular flexibility index (Phi) is 3.08. The number of amides is 1. The van der Waals surface area contributed by atoms with Crippen LogP contribution in [0.4, 0.5) is 0 Å². The Labute approximate surface area is 109 Å². The van der Waals surface area contributed by atoms with Crippen molar-refractivity contribution in [2.45, 2.75) is 13.0 Å². The minimum absolute atomic E-state index is 0.142. The van der Waals surface area contributed by atoms with Gasteiger partial charge in [0.05, 0.1) is 19.4 Å². The molecular weight excluding hydrogens is 248 g/mol. The highest BCUT2D eigenvalue weighted by Gasteiger charge is 2.28. The molecule has 3 heterocycles. The van der Waals surface area contributed by atoms with E-state index in [1.807, 2.05) is 6.07 Å². The largest absolute Gasteiger partial charge is 0.467 e. The SMILES string of the molecule is Cc1cc(C(=O)N2CCOC(c3ccco3)C2)no1. The van der Waals surface area contributed by atoms with Crippen LogP contribution in [0.15, 0.2) is 33.4 Å². The molecule has 0 radical (unpaired) electrons. The minimum atomic E-state index is -0.222. The maximum absolute atomic E-state index is 12.2. The van der Waals surface area contributed by atoms with E-state index in [-0.39, 0.29) is 12.0 Å². The molecule has 1 saturated heterocycles. The fourth-order valence-electron chi connectivity index (χ4n) is 2.11. The van der Waals surface area contributed by atoms with E-state index in [4.69, 9.17) is 13.7 Å². The lowest BCUT2D eigenvalue weighted by molar-refractivity contribution is -0.0324. The van der Waals surface area contributed by atoms with Gasteiger partial charge in [-0.2, -0.15) is 0 Å². The van der Waals surface area contributed by atoms with Crippen molar-refractivity contribution in [1.29, 1.82) is 0 Å². The molecule has 6 heteroatoms. The topological polar surface area (TPSA) is 68.7 Å². The van der Waals surface area contributed by atoms with Crippen LogP contribution in [-0.4, -0.2) is 35.7 Å². The van der Waals surface area contributed by atoms with Crippen LogP contribution in [0, 0.1) is 6.92 Å². The van der Waals surface area contributed by atoms with Crippen molar-refractivity contribution in [1.82, 2.24) is 10.1 Å². The third-order valence-electron chi connectivity index (χ3n) is 3.06. The van der Waals surface area contributed by atoms with Crippen molar-refractivity contribution in [2.24, 2.45) is 0 Å². The smallest absolute Gasteiger partial charge is 0.276 e. The second-order valence-electron chi connectivity index (χ2n) is 4.45. The summed E-state index contributed by atoms with van der Waals surface area (Å²) < 4.78 is 15.9. The zero-order chi connectivity index (χ0) is 13.2. The lowest BCUT2D eigenvalue weighted by atomic mass is 10.2. The van der Waals surface area contributed by atoms with Crippen molar-refractivity contribution in [3.05, 3.63) is 41.7 Å². The van der Waals surface area contributed by atoms with Gasteiger partial charge in [-0.3, -0.25) is 4.79 Å². The highest BCUT2D eigenvalue weighted by molar-refractivity contribution is 5.92. The van der Waals surface area contributed by atoms with E-state index in [1.165, 1.54) is 0 Å². The molecule has 100 valence electrons. The minimum Gasteiger partial charge on any atom is -0.467 e. The molecule has 0 aliphatic carbocycles. The van der Waals surface area contributed by atoms with E-state index in [1.54, 1.807) is 30.2 Å². The molecule has 3 rings (SSSR count). The van der Waals surface area contributed by atoms with Gasteiger partial charge in [0.2, 0.25) is 0 Å². The molecule has 1 atom stereocenters. The number of hydrogen-bond donors (Lipinski definition) is 0. The first-order valence-corrected chi connectivity index (χ1v) is 6.11. The Morgan fingerprint density at radius 1 is 1.53 bits per heavy atom. The van der Waals surface area contributed by atoms with Crippen LogP contribution in [-0.2, 0) is 4.74 Å². The van der Waals surface area contributed by atoms with Crippen molar-refractivity contribution >= 4 is 5.91 Å². The molecule has 0 aromatic carbocycles. The Bertz CT molecular complexity index is 561. The highest BCUT2D eigenvalue weighted by Crippen LogP contribution is 2.23. The predicted molar refractivity (Wildman–Crippen MR) is 64.5 cm³/mol. The number of rotatable bonds is 2. The summed E-state index contributed by atoms with van der Waals surface area (Å²) in [6, 6.07) is 5.29. The Balaban J connectivity index is 1.73. The molecule has 1 fully saturated rings. The lowest BCUT2D eigenvalue weighted by Crippen LogP contribution is -2.42. The Hall–Kier alpha value is -2.08. The first-order valence-electron chi connectivity index (χ1n) is 6.11. The quantitative estimate of drug-likeness (QED) is 0.825. The van der Waals surface area contributed by atoms with Crippen LogP contribution in [0.25, 0.3) is 0 Å². The van der Waals surface area contributed by atoms with Crippen molar-refractivity contribution < 1.29 is 18.5 Å². The standard InChI is InChI=1S/C13H14N2O4/c1-9-7-10(14-19-9)13(16)15-4-6-18-12(8-15)11-3-2-5-17-11/h2-3,5,7,12H,4,6,8H2,1H3. The number of aromatic nitrogens is 1. The van der Waals surface area contributed by atoms with Gasteiger partial charge in [-0.15, -0.1) is 0 Å². The first kappa shape index (κ1) is 12.0. The van der Waals surface area contributed by atoms with Gasteiger partial charge in [-0.05, 0) is 19.1 Å². The summed E-state index contributed by atoms with van der Waals surface area (Å²) in [7, 11) is 0. The maximum atomic E-state index is 12.2. The van der Waals surface area contributed by atoms with Crippen LogP contribution in [0.3, 0.4) is 0 Å². The molecule has 0 bridgehead atoms. The van der Waals surface area contributed by atoms with Crippen LogP contribution in [0.1, 0.15) is 28.1 Å². The molecule has 2 aromatic heterocycles. The molecule has 1 aliphatic heterocycles. The second-order valence-corrected chi connectivity index (χ2v) is 4.45. The number of carbonyl (C=O) groups is 1. The molecular formula is C13H14N2O4. The number of carbonyl (C=O) groups excluding carboxylic acids is 1. The summed E-state index contributed by atoms with van der Waals surface area (Å²) in [6.45, 7) is 3.24. The van der Waals surface area contributed by atoms with Gasteiger partial charge in [0, 0.05) is 12.6 Å².